The van der Waals surface area contributed by atoms with Crippen molar-refractivity contribution in [2.45, 2.75) is 16.3 Å². The number of hydrogen-bond donors (Lipinski definition) is 0. The maximum Gasteiger partial charge on any atom is 0.319 e. The van der Waals surface area contributed by atoms with Gasteiger partial charge >= 0.3 is 12.3 Å². The zero-order valence-electron chi connectivity index (χ0n) is 4.63. The molecule has 0 spiro atoms. The van der Waals surface area contributed by atoms with Gasteiger partial charge in [-0.3, -0.25) is 0 Å². The van der Waals surface area contributed by atoms with E-state index in [0.717, 1.165) is 0 Å². The van der Waals surface area contributed by atoms with Crippen LogP contribution in [0.3, 0.4) is 0 Å². The molecule has 0 N–H and O–H groups in total. The summed E-state index contributed by atoms with van der Waals surface area (Å²) in [6.45, 7) is 0. The zero-order chi connectivity index (χ0) is 8.36. The van der Waals surface area contributed by atoms with Gasteiger partial charge in [0.1, 0.15) is 0 Å². The summed E-state index contributed by atoms with van der Waals surface area (Å²) >= 11 is 3.98. The van der Waals surface area contributed by atoms with Gasteiger partial charge in [-0.2, -0.15) is 8.78 Å². The second-order valence-electron chi connectivity index (χ2n) is 1.60. The molecule has 0 aliphatic carbocycles. The predicted molar refractivity (Wildman–Crippen MR) is 42.6 cm³/mol. The van der Waals surface area contributed by atoms with Gasteiger partial charge in [0.25, 0.3) is 0 Å². The van der Waals surface area contributed by atoms with E-state index in [9.17, 15) is 17.6 Å². The van der Waals surface area contributed by atoms with Crippen LogP contribution in [-0.2, 0) is 0 Å². The molecule has 0 aromatic carbocycles. The maximum atomic E-state index is 12.2. The summed E-state index contributed by atoms with van der Waals surface area (Å²) in [7, 11) is 0. The first-order valence-corrected chi connectivity index (χ1v) is 4.65. The lowest BCUT2D eigenvalue weighted by Gasteiger charge is -2.18. The van der Waals surface area contributed by atoms with Crippen molar-refractivity contribution in [3.63, 3.8) is 0 Å². The minimum absolute atomic E-state index is 0.134. The van der Waals surface area contributed by atoms with Gasteiger partial charge in [-0.15, -0.1) is 0 Å². The highest BCUT2D eigenvalue weighted by atomic mass is 127. The van der Waals surface area contributed by atoms with Crippen LogP contribution < -0.4 is 0 Å². The van der Waals surface area contributed by atoms with Gasteiger partial charge in [0.15, 0.2) is 0 Å². The third kappa shape index (κ3) is 2.52. The van der Waals surface area contributed by atoms with Crippen molar-refractivity contribution in [1.29, 1.82) is 0 Å². The molecule has 6 heteroatoms. The summed E-state index contributed by atoms with van der Waals surface area (Å²) in [6.07, 6.45) is -3.58. The van der Waals surface area contributed by atoms with Gasteiger partial charge in [-0.05, 0) is 0 Å². The molecule has 0 aliphatic heterocycles. The van der Waals surface area contributed by atoms with Gasteiger partial charge in [0.05, 0.1) is 3.92 Å². The van der Waals surface area contributed by atoms with E-state index in [2.05, 4.69) is 15.9 Å². The Morgan fingerprint density at radius 2 is 1.80 bits per heavy atom. The molecule has 0 bridgehead atoms. The average molecular weight is 335 g/mol. The molecule has 1 unspecified atom stereocenters. The van der Waals surface area contributed by atoms with Gasteiger partial charge in [-0.1, -0.05) is 38.5 Å². The highest BCUT2D eigenvalue weighted by Gasteiger charge is 2.46. The zero-order valence-corrected chi connectivity index (χ0v) is 8.37. The Bertz CT molecular complexity index is 107. The lowest BCUT2D eigenvalue weighted by Crippen LogP contribution is -2.37. The molecule has 0 heterocycles. The first-order chi connectivity index (χ1) is 4.42. The lowest BCUT2D eigenvalue weighted by atomic mass is 10.3. The number of alkyl halides is 6. The van der Waals surface area contributed by atoms with Crippen LogP contribution in [0.25, 0.3) is 0 Å². The van der Waals surface area contributed by atoms with Crippen LogP contribution in [0.4, 0.5) is 17.6 Å². The Hall–Kier alpha value is 0.930. The van der Waals surface area contributed by atoms with Gasteiger partial charge in [0, 0.05) is 5.33 Å². The van der Waals surface area contributed by atoms with Crippen molar-refractivity contribution < 1.29 is 17.6 Å². The SMILES string of the molecule is FC(F)C(F)(F)C(I)CBr. The fraction of sp³-hybridized carbons (Fsp3) is 1.00. The van der Waals surface area contributed by atoms with Crippen molar-refractivity contribution in [3.05, 3.63) is 0 Å². The fourth-order valence-electron chi connectivity index (χ4n) is 0.240. The quantitative estimate of drug-likeness (QED) is 0.423. The van der Waals surface area contributed by atoms with Gasteiger partial charge < -0.3 is 0 Å². The van der Waals surface area contributed by atoms with Crippen molar-refractivity contribution in [2.24, 2.45) is 0 Å². The topological polar surface area (TPSA) is 0 Å². The summed E-state index contributed by atoms with van der Waals surface area (Å²) in [4.78, 5) is 0. The molecular formula is C4H4BrF4I. The second-order valence-corrected chi connectivity index (χ2v) is 3.75. The Balaban J connectivity index is 4.09. The summed E-state index contributed by atoms with van der Waals surface area (Å²) in [5.41, 5.74) is 0. The summed E-state index contributed by atoms with van der Waals surface area (Å²) in [5.74, 6) is -3.88. The van der Waals surface area contributed by atoms with Crippen LogP contribution in [0.2, 0.25) is 0 Å². The van der Waals surface area contributed by atoms with Crippen molar-refractivity contribution in [1.82, 2.24) is 0 Å². The predicted octanol–water partition coefficient (Wildman–Crippen LogP) is 3.09. The Kier molecular flexibility index (Phi) is 4.46. The van der Waals surface area contributed by atoms with Crippen LogP contribution >= 0.6 is 38.5 Å². The third-order valence-electron chi connectivity index (χ3n) is 0.844. The molecule has 0 amide bonds. The minimum atomic E-state index is -3.88. The van der Waals surface area contributed by atoms with Crippen LogP contribution in [0.15, 0.2) is 0 Å². The lowest BCUT2D eigenvalue weighted by molar-refractivity contribution is -0.121. The maximum absolute atomic E-state index is 12.2. The minimum Gasteiger partial charge on any atom is -0.204 e. The van der Waals surface area contributed by atoms with E-state index in [-0.39, 0.29) is 5.33 Å². The normalized spacial score (nSPS) is 15.9. The molecule has 0 radical (unpaired) electrons. The van der Waals surface area contributed by atoms with E-state index in [1.54, 1.807) is 0 Å². The molecule has 1 atom stereocenters. The summed E-state index contributed by atoms with van der Waals surface area (Å²) in [6, 6.07) is 0. The first-order valence-electron chi connectivity index (χ1n) is 2.29. The summed E-state index contributed by atoms with van der Waals surface area (Å²) < 4.78 is 45.9. The number of hydrogen-bond acceptors (Lipinski definition) is 0. The molecule has 0 fully saturated rings. The van der Waals surface area contributed by atoms with Crippen molar-refractivity contribution in [2.75, 3.05) is 5.33 Å². The van der Waals surface area contributed by atoms with E-state index >= 15 is 0 Å². The largest absolute Gasteiger partial charge is 0.319 e. The standard InChI is InChI=1S/C4H4BrF4I/c5-1-2(10)4(8,9)3(6)7/h2-3H,1H2. The molecule has 0 aliphatic rings. The van der Waals surface area contributed by atoms with Gasteiger partial charge in [0.2, 0.25) is 0 Å². The molecule has 0 nitrogen and oxygen atoms in total. The van der Waals surface area contributed by atoms with Crippen LogP contribution in [0.1, 0.15) is 0 Å². The molecule has 62 valence electrons. The monoisotopic (exact) mass is 334 g/mol. The van der Waals surface area contributed by atoms with Crippen molar-refractivity contribution in [3.8, 4) is 0 Å². The highest BCUT2D eigenvalue weighted by molar-refractivity contribution is 14.1. The van der Waals surface area contributed by atoms with E-state index in [4.69, 9.17) is 0 Å². The molecular weight excluding hydrogens is 331 g/mol. The second kappa shape index (κ2) is 4.08. The van der Waals surface area contributed by atoms with Gasteiger partial charge in [-0.25, -0.2) is 8.78 Å². The van der Waals surface area contributed by atoms with Crippen LogP contribution in [-0.4, -0.2) is 21.6 Å². The number of halogens is 6. The smallest absolute Gasteiger partial charge is 0.204 e. The Morgan fingerprint density at radius 1 is 1.40 bits per heavy atom. The van der Waals surface area contributed by atoms with E-state index in [1.165, 1.54) is 22.6 Å². The molecule has 0 saturated carbocycles. The van der Waals surface area contributed by atoms with Crippen molar-refractivity contribution >= 4 is 38.5 Å². The molecule has 0 saturated heterocycles. The fourth-order valence-corrected chi connectivity index (χ4v) is 0.943. The summed E-state index contributed by atoms with van der Waals surface area (Å²) in [5, 5.41) is -0.134. The van der Waals surface area contributed by atoms with E-state index in [0.29, 0.717) is 0 Å². The molecule has 0 rings (SSSR count). The van der Waals surface area contributed by atoms with Crippen LogP contribution in [0, 0.1) is 0 Å². The highest BCUT2D eigenvalue weighted by Crippen LogP contribution is 2.32. The van der Waals surface area contributed by atoms with Crippen LogP contribution in [0.5, 0.6) is 0 Å². The first kappa shape index (κ1) is 10.9. The Morgan fingerprint density at radius 3 is 1.90 bits per heavy atom. The molecule has 10 heavy (non-hydrogen) atoms. The Labute approximate surface area is 77.6 Å². The van der Waals surface area contributed by atoms with E-state index < -0.39 is 16.3 Å². The molecule has 0 aromatic heterocycles. The third-order valence-corrected chi connectivity index (χ3v) is 3.97. The van der Waals surface area contributed by atoms with E-state index in [1.807, 2.05) is 0 Å². The molecule has 0 aromatic rings. The number of rotatable bonds is 3. The average Bonchev–Trinajstić information content (AvgIpc) is 1.86.